The summed E-state index contributed by atoms with van der Waals surface area (Å²) in [6.07, 6.45) is -1.95. The van der Waals surface area contributed by atoms with Gasteiger partial charge in [-0.3, -0.25) is 4.68 Å². The largest absolute Gasteiger partial charge is 0.435 e. The van der Waals surface area contributed by atoms with E-state index in [2.05, 4.69) is 5.10 Å². The Kier molecular flexibility index (Phi) is 4.93. The highest BCUT2D eigenvalue weighted by Gasteiger charge is 2.43. The molecule has 0 amide bonds. The van der Waals surface area contributed by atoms with Crippen LogP contribution in [0.3, 0.4) is 0 Å². The van der Waals surface area contributed by atoms with Crippen molar-refractivity contribution < 1.29 is 13.2 Å². The average Bonchev–Trinajstić information content (AvgIpc) is 2.63. The van der Waals surface area contributed by atoms with Crippen molar-refractivity contribution >= 4 is 0 Å². The van der Waals surface area contributed by atoms with E-state index < -0.39 is 11.9 Å². The third-order valence-corrected chi connectivity index (χ3v) is 4.43. The number of rotatable bonds is 5. The van der Waals surface area contributed by atoms with Crippen LogP contribution in [-0.2, 0) is 13.2 Å². The molecular formula is C15H25F3N2. The van der Waals surface area contributed by atoms with Crippen molar-refractivity contribution in [2.75, 3.05) is 0 Å². The number of hydrogen-bond acceptors (Lipinski definition) is 1. The minimum Gasteiger partial charge on any atom is -0.272 e. The maximum absolute atomic E-state index is 13.3. The fraction of sp³-hybridized carbons (Fsp3) is 0.800. The number of hydrogen-bond donors (Lipinski definition) is 0. The van der Waals surface area contributed by atoms with Crippen LogP contribution in [-0.4, -0.2) is 9.78 Å². The Balaban J connectivity index is 3.48. The Hall–Kier alpha value is -1.00. The lowest BCUT2D eigenvalue weighted by Gasteiger charge is -2.34. The molecule has 1 unspecified atom stereocenters. The molecule has 1 aromatic rings. The fourth-order valence-corrected chi connectivity index (χ4v) is 2.71. The van der Waals surface area contributed by atoms with E-state index in [0.717, 1.165) is 19.3 Å². The lowest BCUT2D eigenvalue weighted by molar-refractivity contribution is -0.142. The molecule has 0 aromatic carbocycles. The SMILES string of the molecule is CCCC(c1c(C(F)(F)F)nn(C)c1C)C(C)(C)CC. The zero-order chi connectivity index (χ0) is 15.7. The Morgan fingerprint density at radius 2 is 1.75 bits per heavy atom. The molecule has 0 N–H and O–H groups in total. The van der Waals surface area contributed by atoms with E-state index in [-0.39, 0.29) is 11.3 Å². The third-order valence-electron chi connectivity index (χ3n) is 4.43. The van der Waals surface area contributed by atoms with E-state index in [0.29, 0.717) is 11.3 Å². The Bertz CT molecular complexity index is 458. The Morgan fingerprint density at radius 3 is 2.15 bits per heavy atom. The van der Waals surface area contributed by atoms with Gasteiger partial charge in [0.1, 0.15) is 0 Å². The summed E-state index contributed by atoms with van der Waals surface area (Å²) in [5.74, 6) is -0.122. The molecule has 0 fully saturated rings. The molecule has 1 rings (SSSR count). The second kappa shape index (κ2) is 5.78. The molecule has 0 aliphatic carbocycles. The molecule has 0 saturated carbocycles. The Morgan fingerprint density at radius 1 is 1.20 bits per heavy atom. The van der Waals surface area contributed by atoms with E-state index in [1.165, 1.54) is 4.68 Å². The van der Waals surface area contributed by atoms with Gasteiger partial charge in [-0.1, -0.05) is 40.5 Å². The third kappa shape index (κ3) is 3.18. The van der Waals surface area contributed by atoms with Gasteiger partial charge in [0, 0.05) is 18.3 Å². The predicted molar refractivity (Wildman–Crippen MR) is 74.7 cm³/mol. The molecule has 0 saturated heterocycles. The molecule has 20 heavy (non-hydrogen) atoms. The summed E-state index contributed by atoms with van der Waals surface area (Å²) in [5, 5.41) is 3.72. The standard InChI is InChI=1S/C15H25F3N2/c1-7-9-11(14(4,5)8-2)12-10(3)20(6)19-13(12)15(16,17)18/h11H,7-9H2,1-6H3. The van der Waals surface area contributed by atoms with Gasteiger partial charge in [-0.2, -0.15) is 18.3 Å². The summed E-state index contributed by atoms with van der Waals surface area (Å²) in [7, 11) is 1.58. The van der Waals surface area contributed by atoms with E-state index in [9.17, 15) is 13.2 Å². The summed E-state index contributed by atoms with van der Waals surface area (Å²) < 4.78 is 41.1. The quantitative estimate of drug-likeness (QED) is 0.740. The monoisotopic (exact) mass is 290 g/mol. The van der Waals surface area contributed by atoms with Gasteiger partial charge in [-0.15, -0.1) is 0 Å². The van der Waals surface area contributed by atoms with Crippen molar-refractivity contribution in [3.05, 3.63) is 17.0 Å². The van der Waals surface area contributed by atoms with Crippen molar-refractivity contribution in [1.29, 1.82) is 0 Å². The zero-order valence-corrected chi connectivity index (χ0v) is 13.2. The van der Waals surface area contributed by atoms with Crippen LogP contribution in [0.25, 0.3) is 0 Å². The summed E-state index contributed by atoms with van der Waals surface area (Å²) >= 11 is 0. The number of aromatic nitrogens is 2. The number of nitrogens with zero attached hydrogens (tertiary/aromatic N) is 2. The van der Waals surface area contributed by atoms with Gasteiger partial charge in [0.15, 0.2) is 5.69 Å². The lowest BCUT2D eigenvalue weighted by Crippen LogP contribution is -2.24. The summed E-state index contributed by atoms with van der Waals surface area (Å²) in [6, 6.07) is 0. The van der Waals surface area contributed by atoms with Crippen molar-refractivity contribution in [1.82, 2.24) is 9.78 Å². The maximum Gasteiger partial charge on any atom is 0.435 e. The van der Waals surface area contributed by atoms with Gasteiger partial charge in [-0.25, -0.2) is 0 Å². The molecule has 1 aromatic heterocycles. The molecular weight excluding hydrogens is 265 g/mol. The van der Waals surface area contributed by atoms with Crippen molar-refractivity contribution in [2.45, 2.75) is 66.0 Å². The van der Waals surface area contributed by atoms with Crippen LogP contribution in [0, 0.1) is 12.3 Å². The Labute approximate surface area is 119 Å². The van der Waals surface area contributed by atoms with Crippen LogP contribution in [0.5, 0.6) is 0 Å². The molecule has 0 radical (unpaired) electrons. The van der Waals surface area contributed by atoms with Gasteiger partial charge < -0.3 is 0 Å². The van der Waals surface area contributed by atoms with Crippen molar-refractivity contribution in [3.63, 3.8) is 0 Å². The molecule has 0 spiro atoms. The number of aryl methyl sites for hydroxylation is 1. The smallest absolute Gasteiger partial charge is 0.272 e. The highest BCUT2D eigenvalue weighted by molar-refractivity contribution is 5.33. The van der Waals surface area contributed by atoms with Crippen LogP contribution in [0.15, 0.2) is 0 Å². The van der Waals surface area contributed by atoms with Gasteiger partial charge in [-0.05, 0) is 24.7 Å². The lowest BCUT2D eigenvalue weighted by atomic mass is 9.70. The van der Waals surface area contributed by atoms with Crippen LogP contribution >= 0.6 is 0 Å². The van der Waals surface area contributed by atoms with Gasteiger partial charge >= 0.3 is 6.18 Å². The minimum atomic E-state index is -4.39. The maximum atomic E-state index is 13.3. The molecule has 0 bridgehead atoms. The van der Waals surface area contributed by atoms with E-state index in [4.69, 9.17) is 0 Å². The van der Waals surface area contributed by atoms with Crippen LogP contribution in [0.2, 0.25) is 0 Å². The first-order valence-corrected chi connectivity index (χ1v) is 7.16. The van der Waals surface area contributed by atoms with Crippen LogP contribution in [0.1, 0.15) is 69.8 Å². The van der Waals surface area contributed by atoms with Gasteiger partial charge in [0.05, 0.1) is 0 Å². The van der Waals surface area contributed by atoms with Crippen LogP contribution < -0.4 is 0 Å². The molecule has 0 aliphatic heterocycles. The summed E-state index contributed by atoms with van der Waals surface area (Å²) in [6.45, 7) is 9.85. The zero-order valence-electron chi connectivity index (χ0n) is 13.2. The molecule has 1 atom stereocenters. The first kappa shape index (κ1) is 17.1. The van der Waals surface area contributed by atoms with Gasteiger partial charge in [0.2, 0.25) is 0 Å². The van der Waals surface area contributed by atoms with Crippen molar-refractivity contribution in [2.24, 2.45) is 12.5 Å². The van der Waals surface area contributed by atoms with E-state index in [1.807, 2.05) is 27.7 Å². The highest BCUT2D eigenvalue weighted by Crippen LogP contribution is 2.46. The van der Waals surface area contributed by atoms with E-state index >= 15 is 0 Å². The first-order chi connectivity index (χ1) is 9.06. The fourth-order valence-electron chi connectivity index (χ4n) is 2.71. The summed E-state index contributed by atoms with van der Waals surface area (Å²) in [4.78, 5) is 0. The molecule has 2 nitrogen and oxygen atoms in total. The van der Waals surface area contributed by atoms with E-state index in [1.54, 1.807) is 14.0 Å². The second-order valence-corrected chi connectivity index (χ2v) is 6.15. The summed E-state index contributed by atoms with van der Waals surface area (Å²) in [5.41, 5.74) is 0.118. The molecule has 1 heterocycles. The highest BCUT2D eigenvalue weighted by atomic mass is 19.4. The topological polar surface area (TPSA) is 17.8 Å². The average molecular weight is 290 g/mol. The molecule has 116 valence electrons. The van der Waals surface area contributed by atoms with Gasteiger partial charge in [0.25, 0.3) is 0 Å². The number of halogens is 3. The first-order valence-electron chi connectivity index (χ1n) is 7.16. The number of alkyl halides is 3. The molecule has 5 heteroatoms. The normalized spacial score (nSPS) is 14.7. The second-order valence-electron chi connectivity index (χ2n) is 6.15. The minimum absolute atomic E-state index is 0.122. The molecule has 0 aliphatic rings. The predicted octanol–water partition coefficient (Wildman–Crippen LogP) is 5.07. The van der Waals surface area contributed by atoms with Crippen molar-refractivity contribution in [3.8, 4) is 0 Å². The van der Waals surface area contributed by atoms with Crippen LogP contribution in [0.4, 0.5) is 13.2 Å².